The van der Waals surface area contributed by atoms with E-state index in [4.69, 9.17) is 19.4 Å². The van der Waals surface area contributed by atoms with E-state index < -0.39 is 77.6 Å². The van der Waals surface area contributed by atoms with Crippen LogP contribution in [0.15, 0.2) is 15.8 Å². The van der Waals surface area contributed by atoms with Crippen molar-refractivity contribution in [3.8, 4) is 0 Å². The van der Waals surface area contributed by atoms with E-state index in [9.17, 15) is 51.6 Å². The lowest BCUT2D eigenvalue weighted by Gasteiger charge is -2.19. The molecular weight excluding hydrogens is 538 g/mol. The van der Waals surface area contributed by atoms with Crippen LogP contribution in [0.5, 0.6) is 0 Å². The Labute approximate surface area is 178 Å². The molecule has 0 aliphatic carbocycles. The van der Waals surface area contributed by atoms with Gasteiger partial charge in [-0.25, -0.2) is 18.5 Å². The zero-order valence-corrected chi connectivity index (χ0v) is 18.1. The van der Waals surface area contributed by atoms with Crippen molar-refractivity contribution in [2.24, 2.45) is 0 Å². The molecule has 1 aliphatic heterocycles. The molecule has 1 aromatic heterocycles. The second-order valence-electron chi connectivity index (χ2n) is 6.14. The van der Waals surface area contributed by atoms with Crippen LogP contribution in [0.25, 0.3) is 0 Å². The summed E-state index contributed by atoms with van der Waals surface area (Å²) in [6.07, 6.45) is -13.4. The molecule has 0 saturated carbocycles. The highest BCUT2D eigenvalue weighted by Crippen LogP contribution is 2.66. The van der Waals surface area contributed by atoms with Gasteiger partial charge in [0.05, 0.1) is 6.61 Å². The molecule has 33 heavy (non-hydrogen) atoms. The van der Waals surface area contributed by atoms with Crippen LogP contribution < -0.4 is 11.2 Å². The summed E-state index contributed by atoms with van der Waals surface area (Å²) in [6.45, 7) is -1.28. The van der Waals surface area contributed by atoms with Gasteiger partial charge in [-0.1, -0.05) is 0 Å². The first-order chi connectivity index (χ1) is 14.7. The van der Waals surface area contributed by atoms with Crippen LogP contribution in [-0.2, 0) is 37.8 Å². The minimum Gasteiger partial charge on any atom is -0.387 e. The van der Waals surface area contributed by atoms with Crippen LogP contribution in [0.3, 0.4) is 0 Å². The van der Waals surface area contributed by atoms with Gasteiger partial charge in [0.1, 0.15) is 23.9 Å². The molecule has 3 unspecified atom stereocenters. The third kappa shape index (κ3) is 7.37. The molecule has 0 spiro atoms. The van der Waals surface area contributed by atoms with Gasteiger partial charge < -0.3 is 34.5 Å². The number of hydrogen-bond acceptors (Lipinski definition) is 11. The Balaban J connectivity index is 2.18. The van der Waals surface area contributed by atoms with Crippen LogP contribution in [-0.4, -0.2) is 64.3 Å². The quantitative estimate of drug-likeness (QED) is 0.181. The van der Waals surface area contributed by atoms with E-state index in [0.29, 0.717) is 0 Å². The maximum Gasteiger partial charge on any atom is 0.490 e. The molecule has 0 amide bonds. The fourth-order valence-electron chi connectivity index (χ4n) is 2.44. The first-order valence-electron chi connectivity index (χ1n) is 7.95. The lowest BCUT2D eigenvalue weighted by atomic mass is 10.1. The number of aromatic amines is 1. The minimum absolute atomic E-state index is 0.00745. The molecule has 0 bridgehead atoms. The summed E-state index contributed by atoms with van der Waals surface area (Å²) < 4.78 is 88.3. The van der Waals surface area contributed by atoms with Crippen molar-refractivity contribution >= 4 is 23.5 Å². The zero-order chi connectivity index (χ0) is 25.6. The molecule has 1 aliphatic rings. The Morgan fingerprint density at radius 3 is 2.12 bits per heavy atom. The standard InChI is InChI=1S/C10H14F3N2O15P3/c11-10(12,13)3-1-15(9(19)14-7(3)18)8-6(17)5(16)4(28-8)2-27-32(23,24)30-33(25,26)29-31(20,21)22/h1,4-6,8,16-17H,2H2,(H,23,24)(H,25,26)(H,14,18,19)(H2,20,21,22)/t4-,5?,6+,8-/m1/s1. The highest BCUT2D eigenvalue weighted by Gasteiger charge is 2.47. The number of phosphoric ester groups is 1. The van der Waals surface area contributed by atoms with Crippen LogP contribution >= 0.6 is 23.5 Å². The predicted octanol–water partition coefficient (Wildman–Crippen LogP) is -1.48. The number of aliphatic hydroxyl groups excluding tert-OH is 2. The first-order valence-corrected chi connectivity index (χ1v) is 12.5. The number of nitrogens with zero attached hydrogens (tertiary/aromatic N) is 1. The summed E-state index contributed by atoms with van der Waals surface area (Å²) in [6, 6.07) is 0. The van der Waals surface area contributed by atoms with Crippen LogP contribution in [0, 0.1) is 0 Å². The number of hydrogen-bond donors (Lipinski definition) is 7. The third-order valence-electron chi connectivity index (χ3n) is 3.70. The van der Waals surface area contributed by atoms with E-state index in [0.717, 1.165) is 0 Å². The highest BCUT2D eigenvalue weighted by molar-refractivity contribution is 7.66. The average molecular weight is 552 g/mol. The van der Waals surface area contributed by atoms with Crippen molar-refractivity contribution in [2.45, 2.75) is 30.7 Å². The van der Waals surface area contributed by atoms with Crippen molar-refractivity contribution in [1.82, 2.24) is 9.55 Å². The molecule has 0 aromatic carbocycles. The second-order valence-corrected chi connectivity index (χ2v) is 10.6. The summed E-state index contributed by atoms with van der Waals surface area (Å²) in [5, 5.41) is 19.9. The molecule has 7 N–H and O–H groups in total. The number of phosphoric acid groups is 3. The Kier molecular flexibility index (Phi) is 8.00. The largest absolute Gasteiger partial charge is 0.490 e. The molecule has 1 saturated heterocycles. The Bertz CT molecular complexity index is 1140. The Morgan fingerprint density at radius 1 is 1.03 bits per heavy atom. The van der Waals surface area contributed by atoms with E-state index in [-0.39, 0.29) is 10.8 Å². The van der Waals surface area contributed by atoms with E-state index >= 15 is 0 Å². The average Bonchev–Trinajstić information content (AvgIpc) is 2.84. The highest BCUT2D eigenvalue weighted by atomic mass is 31.3. The van der Waals surface area contributed by atoms with E-state index in [2.05, 4.69) is 13.1 Å². The Morgan fingerprint density at radius 2 is 1.61 bits per heavy atom. The van der Waals surface area contributed by atoms with Gasteiger partial charge >= 0.3 is 35.3 Å². The van der Waals surface area contributed by atoms with Gasteiger partial charge in [-0.05, 0) is 0 Å². The van der Waals surface area contributed by atoms with E-state index in [1.165, 1.54) is 4.98 Å². The van der Waals surface area contributed by atoms with Crippen molar-refractivity contribution < 1.29 is 74.5 Å². The number of ether oxygens (including phenoxy) is 1. The fourth-order valence-corrected chi connectivity index (χ4v) is 5.47. The molecular formula is C10H14F3N2O15P3. The SMILES string of the molecule is O=c1[nH]c(=O)n([C@@H]2O[C@H](COP(=O)(O)OP(=O)(O)OP(=O)(O)O)C(O)[C@@H]2O)cc1C(F)(F)F. The second kappa shape index (κ2) is 9.43. The Hall–Kier alpha value is -1.24. The van der Waals surface area contributed by atoms with Crippen molar-refractivity contribution in [3.63, 3.8) is 0 Å². The van der Waals surface area contributed by atoms with Gasteiger partial charge in [0.2, 0.25) is 0 Å². The lowest BCUT2D eigenvalue weighted by Crippen LogP contribution is -2.40. The number of rotatable bonds is 8. The van der Waals surface area contributed by atoms with Crippen LogP contribution in [0.1, 0.15) is 11.8 Å². The number of nitrogens with one attached hydrogen (secondary N) is 1. The topological polar surface area (TPSA) is 264 Å². The summed E-state index contributed by atoms with van der Waals surface area (Å²) in [5.74, 6) is 0. The van der Waals surface area contributed by atoms with Gasteiger partial charge in [0.25, 0.3) is 5.56 Å². The fraction of sp³-hybridized carbons (Fsp3) is 0.600. The molecule has 0 radical (unpaired) electrons. The third-order valence-corrected chi connectivity index (χ3v) is 7.51. The smallest absolute Gasteiger partial charge is 0.387 e. The molecule has 1 aromatic rings. The van der Waals surface area contributed by atoms with E-state index in [1.807, 2.05) is 0 Å². The van der Waals surface area contributed by atoms with Gasteiger partial charge in [-0.3, -0.25) is 18.9 Å². The monoisotopic (exact) mass is 552 g/mol. The predicted molar refractivity (Wildman–Crippen MR) is 92.1 cm³/mol. The number of aliphatic hydroxyl groups is 2. The van der Waals surface area contributed by atoms with Gasteiger partial charge in [0, 0.05) is 6.20 Å². The summed E-state index contributed by atoms with van der Waals surface area (Å²) in [5.41, 5.74) is -5.15. The first kappa shape index (κ1) is 28.0. The zero-order valence-electron chi connectivity index (χ0n) is 15.4. The van der Waals surface area contributed by atoms with Gasteiger partial charge in [0.15, 0.2) is 6.23 Å². The molecule has 1 fully saturated rings. The maximum absolute atomic E-state index is 12.9. The maximum atomic E-state index is 12.9. The molecule has 23 heteroatoms. The summed E-state index contributed by atoms with van der Waals surface area (Å²) >= 11 is 0. The van der Waals surface area contributed by atoms with Crippen molar-refractivity contribution in [3.05, 3.63) is 32.6 Å². The van der Waals surface area contributed by atoms with E-state index in [1.54, 1.807) is 0 Å². The lowest BCUT2D eigenvalue weighted by molar-refractivity contribution is -0.140. The van der Waals surface area contributed by atoms with Crippen LogP contribution in [0.2, 0.25) is 0 Å². The molecule has 2 heterocycles. The van der Waals surface area contributed by atoms with Gasteiger partial charge in [-0.15, -0.1) is 0 Å². The summed E-state index contributed by atoms with van der Waals surface area (Å²) in [4.78, 5) is 59.8. The van der Waals surface area contributed by atoms with Crippen LogP contribution in [0.4, 0.5) is 13.2 Å². The molecule has 17 nitrogen and oxygen atoms in total. The molecule has 190 valence electrons. The summed E-state index contributed by atoms with van der Waals surface area (Å²) in [7, 11) is -17.2. The number of aromatic nitrogens is 2. The van der Waals surface area contributed by atoms with Crippen molar-refractivity contribution in [2.75, 3.05) is 6.61 Å². The normalized spacial score (nSPS) is 27.8. The van der Waals surface area contributed by atoms with Crippen molar-refractivity contribution in [1.29, 1.82) is 0 Å². The number of halogens is 3. The number of H-pyrrole nitrogens is 1. The molecule has 6 atom stereocenters. The minimum atomic E-state index is -5.86. The van der Waals surface area contributed by atoms with Gasteiger partial charge in [-0.2, -0.15) is 21.8 Å². The molecule has 2 rings (SSSR count). The number of alkyl halides is 3.